The Morgan fingerprint density at radius 3 is 3.00 bits per heavy atom. The number of hydrogen-bond donors (Lipinski definition) is 1. The van der Waals surface area contributed by atoms with Crippen LogP contribution >= 0.6 is 0 Å². The van der Waals surface area contributed by atoms with E-state index in [4.69, 9.17) is 0 Å². The third-order valence-electron chi connectivity index (χ3n) is 1.89. The van der Waals surface area contributed by atoms with Crippen LogP contribution in [0, 0.1) is 0 Å². The first-order chi connectivity index (χ1) is 6.15. The van der Waals surface area contributed by atoms with Gasteiger partial charge < -0.3 is 5.11 Å². The van der Waals surface area contributed by atoms with Crippen LogP contribution in [0.25, 0.3) is 0 Å². The van der Waals surface area contributed by atoms with E-state index in [0.717, 1.165) is 24.1 Å². The van der Waals surface area contributed by atoms with Gasteiger partial charge in [0.25, 0.3) is 0 Å². The van der Waals surface area contributed by atoms with Crippen molar-refractivity contribution in [2.75, 3.05) is 0 Å². The quantitative estimate of drug-likeness (QED) is 0.719. The Hall–Kier alpha value is -1.09. The van der Waals surface area contributed by atoms with Crippen molar-refractivity contribution >= 4 is 0 Å². The van der Waals surface area contributed by atoms with Gasteiger partial charge in [0.05, 0.1) is 6.20 Å². The molecule has 0 aliphatic carbocycles. The number of nitrogens with zero attached hydrogens (tertiary/aromatic N) is 2. The van der Waals surface area contributed by atoms with E-state index in [9.17, 15) is 5.11 Å². The van der Waals surface area contributed by atoms with E-state index in [1.54, 1.807) is 6.20 Å². The summed E-state index contributed by atoms with van der Waals surface area (Å²) in [6, 6.07) is 0. The lowest BCUT2D eigenvalue weighted by atomic mass is 10.1. The summed E-state index contributed by atoms with van der Waals surface area (Å²) in [6.07, 6.45) is 4.02. The topological polar surface area (TPSA) is 38.1 Å². The molecule has 0 aliphatic heterocycles. The van der Waals surface area contributed by atoms with Crippen LogP contribution in [-0.4, -0.2) is 14.9 Å². The van der Waals surface area contributed by atoms with Crippen LogP contribution < -0.4 is 0 Å². The maximum Gasteiger partial charge on any atom is 0.103 e. The van der Waals surface area contributed by atoms with Gasteiger partial charge in [-0.2, -0.15) is 5.10 Å². The van der Waals surface area contributed by atoms with Gasteiger partial charge in [-0.1, -0.05) is 13.5 Å². The summed E-state index contributed by atoms with van der Waals surface area (Å²) in [4.78, 5) is 0. The van der Waals surface area contributed by atoms with Crippen LogP contribution in [0.4, 0.5) is 0 Å². The predicted octanol–water partition coefficient (Wildman–Crippen LogP) is 1.90. The smallest absolute Gasteiger partial charge is 0.103 e. The molecule has 13 heavy (non-hydrogen) atoms. The summed E-state index contributed by atoms with van der Waals surface area (Å²) in [5, 5.41) is 13.8. The molecule has 0 fully saturated rings. The van der Waals surface area contributed by atoms with E-state index >= 15 is 0 Å². The Morgan fingerprint density at radius 1 is 1.77 bits per heavy atom. The van der Waals surface area contributed by atoms with E-state index in [1.807, 2.05) is 17.8 Å². The summed E-state index contributed by atoms with van der Waals surface area (Å²) >= 11 is 0. The molecule has 3 heteroatoms. The second-order valence-corrected chi connectivity index (χ2v) is 3.29. The largest absolute Gasteiger partial charge is 0.384 e. The highest BCUT2D eigenvalue weighted by Gasteiger charge is 2.09. The highest BCUT2D eigenvalue weighted by Crippen LogP contribution is 2.18. The van der Waals surface area contributed by atoms with Crippen LogP contribution in [0.15, 0.2) is 24.5 Å². The Kier molecular flexibility index (Phi) is 3.25. The molecule has 1 N–H and O–H groups in total. The molecule has 0 aromatic carbocycles. The van der Waals surface area contributed by atoms with Gasteiger partial charge in [-0.15, -0.1) is 0 Å². The second-order valence-electron chi connectivity index (χ2n) is 3.29. The van der Waals surface area contributed by atoms with E-state index in [2.05, 4.69) is 18.6 Å². The molecule has 0 bridgehead atoms. The molecule has 1 unspecified atom stereocenters. The molecule has 1 rings (SSSR count). The third kappa shape index (κ3) is 2.42. The highest BCUT2D eigenvalue weighted by atomic mass is 16.3. The molecule has 1 aromatic heterocycles. The zero-order valence-corrected chi connectivity index (χ0v) is 8.20. The van der Waals surface area contributed by atoms with Crippen molar-refractivity contribution in [3.05, 3.63) is 30.1 Å². The number of aromatic nitrogens is 2. The Balaban J connectivity index is 2.73. The van der Waals surface area contributed by atoms with Gasteiger partial charge in [-0.3, -0.25) is 4.68 Å². The van der Waals surface area contributed by atoms with Crippen molar-refractivity contribution in [1.29, 1.82) is 0 Å². The minimum Gasteiger partial charge on any atom is -0.384 e. The molecule has 0 amide bonds. The molecular formula is C10H16N2O. The molecule has 72 valence electrons. The van der Waals surface area contributed by atoms with Crippen molar-refractivity contribution < 1.29 is 5.11 Å². The van der Waals surface area contributed by atoms with Gasteiger partial charge >= 0.3 is 0 Å². The summed E-state index contributed by atoms with van der Waals surface area (Å²) in [6.45, 7) is 8.49. The second kappa shape index (κ2) is 4.23. The highest BCUT2D eigenvalue weighted by molar-refractivity contribution is 5.17. The standard InChI is InChI=1S/C10H16N2O/c1-4-5-12-7-9(6-11-12)10(13)8(2)3/h6-7,10,13H,2,4-5H2,1,3H3. The SMILES string of the molecule is C=C(C)C(O)c1cnn(CCC)c1. The normalized spacial score (nSPS) is 12.8. The lowest BCUT2D eigenvalue weighted by Gasteiger charge is -2.05. The van der Waals surface area contributed by atoms with Crippen LogP contribution in [0.3, 0.4) is 0 Å². The van der Waals surface area contributed by atoms with Crippen molar-refractivity contribution in [3.8, 4) is 0 Å². The molecule has 0 radical (unpaired) electrons. The zero-order chi connectivity index (χ0) is 9.84. The molecule has 1 aromatic rings. The van der Waals surface area contributed by atoms with Crippen molar-refractivity contribution in [3.63, 3.8) is 0 Å². The van der Waals surface area contributed by atoms with Crippen LogP contribution in [0.2, 0.25) is 0 Å². The minimum atomic E-state index is -0.578. The number of hydrogen-bond acceptors (Lipinski definition) is 2. The summed E-state index contributed by atoms with van der Waals surface area (Å²) in [5.41, 5.74) is 1.57. The predicted molar refractivity (Wildman–Crippen MR) is 52.3 cm³/mol. The van der Waals surface area contributed by atoms with E-state index in [0.29, 0.717) is 0 Å². The van der Waals surface area contributed by atoms with Crippen molar-refractivity contribution in [2.24, 2.45) is 0 Å². The Labute approximate surface area is 78.7 Å². The molecular weight excluding hydrogens is 164 g/mol. The maximum absolute atomic E-state index is 9.63. The Bertz CT molecular complexity index is 291. The molecule has 1 atom stereocenters. The van der Waals surface area contributed by atoms with Gasteiger partial charge in [0.2, 0.25) is 0 Å². The third-order valence-corrected chi connectivity index (χ3v) is 1.89. The molecule has 0 saturated carbocycles. The van der Waals surface area contributed by atoms with Gasteiger partial charge in [-0.25, -0.2) is 0 Å². The number of aliphatic hydroxyl groups is 1. The fourth-order valence-electron chi connectivity index (χ4n) is 1.16. The molecule has 0 aliphatic rings. The van der Waals surface area contributed by atoms with E-state index in [1.165, 1.54) is 0 Å². The first kappa shape index (κ1) is 9.99. The summed E-state index contributed by atoms with van der Waals surface area (Å²) in [5.74, 6) is 0. The average molecular weight is 180 g/mol. The fourth-order valence-corrected chi connectivity index (χ4v) is 1.16. The molecule has 0 saturated heterocycles. The van der Waals surface area contributed by atoms with Gasteiger partial charge in [0, 0.05) is 18.3 Å². The van der Waals surface area contributed by atoms with Crippen molar-refractivity contribution in [2.45, 2.75) is 32.9 Å². The van der Waals surface area contributed by atoms with Crippen molar-refractivity contribution in [1.82, 2.24) is 9.78 Å². The summed E-state index contributed by atoms with van der Waals surface area (Å²) < 4.78 is 1.83. The fraction of sp³-hybridized carbons (Fsp3) is 0.500. The van der Waals surface area contributed by atoms with Crippen LogP contribution in [0.5, 0.6) is 0 Å². The Morgan fingerprint density at radius 2 is 2.46 bits per heavy atom. The van der Waals surface area contributed by atoms with Gasteiger partial charge in [-0.05, 0) is 18.9 Å². The van der Waals surface area contributed by atoms with Gasteiger partial charge in [0.1, 0.15) is 6.10 Å². The van der Waals surface area contributed by atoms with E-state index in [-0.39, 0.29) is 0 Å². The van der Waals surface area contributed by atoms with E-state index < -0.39 is 6.10 Å². The monoisotopic (exact) mass is 180 g/mol. The molecule has 1 heterocycles. The maximum atomic E-state index is 9.63. The minimum absolute atomic E-state index is 0.578. The lowest BCUT2D eigenvalue weighted by Crippen LogP contribution is -1.98. The molecule has 0 spiro atoms. The summed E-state index contributed by atoms with van der Waals surface area (Å²) in [7, 11) is 0. The van der Waals surface area contributed by atoms with Crippen LogP contribution in [-0.2, 0) is 6.54 Å². The zero-order valence-electron chi connectivity index (χ0n) is 8.20. The lowest BCUT2D eigenvalue weighted by molar-refractivity contribution is 0.216. The van der Waals surface area contributed by atoms with Gasteiger partial charge in [0.15, 0.2) is 0 Å². The number of rotatable bonds is 4. The first-order valence-electron chi connectivity index (χ1n) is 4.51. The van der Waals surface area contributed by atoms with Crippen LogP contribution in [0.1, 0.15) is 31.9 Å². The molecule has 3 nitrogen and oxygen atoms in total. The first-order valence-corrected chi connectivity index (χ1v) is 4.51. The average Bonchev–Trinajstić information content (AvgIpc) is 2.52. The number of aryl methyl sites for hydroxylation is 1. The number of aliphatic hydroxyl groups excluding tert-OH is 1.